The second-order valence-corrected chi connectivity index (χ2v) is 4.04. The van der Waals surface area contributed by atoms with Gasteiger partial charge in [0.2, 0.25) is 0 Å². The summed E-state index contributed by atoms with van der Waals surface area (Å²) >= 11 is 1.34. The maximum Gasteiger partial charge on any atom is 0.263 e. The summed E-state index contributed by atoms with van der Waals surface area (Å²) in [5.41, 5.74) is 0. The Morgan fingerprint density at radius 3 is 3.00 bits per heavy atom. The molecule has 1 unspecified atom stereocenters. The van der Waals surface area contributed by atoms with Crippen LogP contribution in [0.1, 0.15) is 21.6 Å². The van der Waals surface area contributed by atoms with Crippen LogP contribution < -0.4 is 5.32 Å². The summed E-state index contributed by atoms with van der Waals surface area (Å²) in [6.07, 6.45) is 1.02. The summed E-state index contributed by atoms with van der Waals surface area (Å²) in [5, 5.41) is 12.4. The van der Waals surface area contributed by atoms with Gasteiger partial charge >= 0.3 is 0 Å². The zero-order chi connectivity index (χ0) is 9.84. The van der Waals surface area contributed by atoms with E-state index in [1.165, 1.54) is 17.5 Å². The highest BCUT2D eigenvalue weighted by Crippen LogP contribution is 2.10. The number of amides is 1. The molecule has 0 saturated carbocycles. The number of aromatic nitrogens is 1. The molecule has 13 heavy (non-hydrogen) atoms. The number of nitrogens with zero attached hydrogens (tertiary/aromatic N) is 1. The van der Waals surface area contributed by atoms with Crippen molar-refractivity contribution >= 4 is 17.2 Å². The van der Waals surface area contributed by atoms with Crippen molar-refractivity contribution in [3.8, 4) is 0 Å². The second kappa shape index (κ2) is 4.34. The Balaban J connectivity index is 2.49. The van der Waals surface area contributed by atoms with Crippen molar-refractivity contribution in [2.45, 2.75) is 20.0 Å². The minimum Gasteiger partial charge on any atom is -0.392 e. The molecule has 0 bridgehead atoms. The molecule has 0 aliphatic rings. The molecule has 0 radical (unpaired) electrons. The highest BCUT2D eigenvalue weighted by molar-refractivity contribution is 7.13. The lowest BCUT2D eigenvalue weighted by molar-refractivity contribution is 0.0928. The number of carbonyl (C=O) groups excluding carboxylic acids is 1. The third-order valence-corrected chi connectivity index (χ3v) is 2.31. The van der Waals surface area contributed by atoms with Gasteiger partial charge in [-0.1, -0.05) is 0 Å². The fourth-order valence-corrected chi connectivity index (χ4v) is 1.49. The second-order valence-electron chi connectivity index (χ2n) is 2.80. The summed E-state index contributed by atoms with van der Waals surface area (Å²) < 4.78 is 0. The third-order valence-electron chi connectivity index (χ3n) is 1.40. The quantitative estimate of drug-likeness (QED) is 0.749. The van der Waals surface area contributed by atoms with Crippen molar-refractivity contribution in [1.29, 1.82) is 0 Å². The molecule has 5 heteroatoms. The number of hydrogen-bond acceptors (Lipinski definition) is 4. The van der Waals surface area contributed by atoms with Crippen LogP contribution >= 0.6 is 11.3 Å². The SMILES string of the molecule is Cc1ncc(C(=O)NCC(C)O)s1. The Morgan fingerprint density at radius 2 is 2.54 bits per heavy atom. The fourth-order valence-electron chi connectivity index (χ4n) is 0.794. The van der Waals surface area contributed by atoms with Gasteiger partial charge in [0.1, 0.15) is 4.88 Å². The maximum atomic E-state index is 11.3. The molecule has 4 nitrogen and oxygen atoms in total. The highest BCUT2D eigenvalue weighted by atomic mass is 32.1. The van der Waals surface area contributed by atoms with Crippen LogP contribution in [0.2, 0.25) is 0 Å². The predicted octanol–water partition coefficient (Wildman–Crippen LogP) is 0.562. The van der Waals surface area contributed by atoms with E-state index in [-0.39, 0.29) is 12.5 Å². The molecule has 0 aliphatic heterocycles. The lowest BCUT2D eigenvalue weighted by Gasteiger charge is -2.04. The number of aryl methyl sites for hydroxylation is 1. The van der Waals surface area contributed by atoms with Crippen molar-refractivity contribution in [3.63, 3.8) is 0 Å². The van der Waals surface area contributed by atoms with E-state index < -0.39 is 6.10 Å². The standard InChI is InChI=1S/C8H12N2O2S/c1-5(11)3-10-8(12)7-4-9-6(2)13-7/h4-5,11H,3H2,1-2H3,(H,10,12). The first kappa shape index (κ1) is 10.1. The van der Waals surface area contributed by atoms with Gasteiger partial charge in [-0.05, 0) is 13.8 Å². The van der Waals surface area contributed by atoms with Crippen molar-refractivity contribution < 1.29 is 9.90 Å². The van der Waals surface area contributed by atoms with E-state index >= 15 is 0 Å². The maximum absolute atomic E-state index is 11.3. The third kappa shape index (κ3) is 3.12. The Kier molecular flexibility index (Phi) is 3.39. The lowest BCUT2D eigenvalue weighted by Crippen LogP contribution is -2.29. The minimum absolute atomic E-state index is 0.175. The molecular weight excluding hydrogens is 188 g/mol. The first-order valence-corrected chi connectivity index (χ1v) is 4.80. The summed E-state index contributed by atoms with van der Waals surface area (Å²) in [7, 11) is 0. The Bertz CT molecular complexity index is 296. The molecule has 0 spiro atoms. The summed E-state index contributed by atoms with van der Waals surface area (Å²) in [6.45, 7) is 3.74. The first-order chi connectivity index (χ1) is 6.09. The van der Waals surface area contributed by atoms with Crippen LogP contribution in [0.5, 0.6) is 0 Å². The Morgan fingerprint density at radius 1 is 1.85 bits per heavy atom. The molecule has 0 fully saturated rings. The predicted molar refractivity (Wildman–Crippen MR) is 50.9 cm³/mol. The van der Waals surface area contributed by atoms with E-state index in [2.05, 4.69) is 10.3 Å². The van der Waals surface area contributed by atoms with E-state index in [9.17, 15) is 4.79 Å². The number of thiazole rings is 1. The monoisotopic (exact) mass is 200 g/mol. The normalized spacial score (nSPS) is 12.5. The van der Waals surface area contributed by atoms with E-state index in [1.807, 2.05) is 6.92 Å². The van der Waals surface area contributed by atoms with Gasteiger partial charge in [-0.2, -0.15) is 0 Å². The van der Waals surface area contributed by atoms with Crippen molar-refractivity contribution in [3.05, 3.63) is 16.1 Å². The highest BCUT2D eigenvalue weighted by Gasteiger charge is 2.08. The van der Waals surface area contributed by atoms with Gasteiger partial charge in [-0.3, -0.25) is 4.79 Å². The average molecular weight is 200 g/mol. The van der Waals surface area contributed by atoms with Crippen LogP contribution in [0.15, 0.2) is 6.20 Å². The number of rotatable bonds is 3. The molecule has 1 amide bonds. The molecule has 1 atom stereocenters. The molecule has 0 aliphatic carbocycles. The zero-order valence-corrected chi connectivity index (χ0v) is 8.39. The number of aliphatic hydroxyl groups excluding tert-OH is 1. The van der Waals surface area contributed by atoms with Crippen molar-refractivity contribution in [2.75, 3.05) is 6.54 Å². The smallest absolute Gasteiger partial charge is 0.263 e. The van der Waals surface area contributed by atoms with E-state index in [0.717, 1.165) is 5.01 Å². The van der Waals surface area contributed by atoms with Gasteiger partial charge in [0.25, 0.3) is 5.91 Å². The van der Waals surface area contributed by atoms with Crippen LogP contribution in [-0.4, -0.2) is 28.6 Å². The minimum atomic E-state index is -0.516. The molecule has 1 rings (SSSR count). The molecule has 0 saturated heterocycles. The van der Waals surface area contributed by atoms with Crippen LogP contribution in [0, 0.1) is 6.92 Å². The van der Waals surface area contributed by atoms with E-state index in [0.29, 0.717) is 4.88 Å². The molecule has 72 valence electrons. The van der Waals surface area contributed by atoms with Crippen molar-refractivity contribution in [1.82, 2.24) is 10.3 Å². The summed E-state index contributed by atoms with van der Waals surface area (Å²) in [5.74, 6) is -0.175. The van der Waals surface area contributed by atoms with E-state index in [1.54, 1.807) is 6.92 Å². The van der Waals surface area contributed by atoms with Crippen LogP contribution in [0.3, 0.4) is 0 Å². The van der Waals surface area contributed by atoms with Gasteiger partial charge in [-0.25, -0.2) is 4.98 Å². The van der Waals surface area contributed by atoms with Crippen LogP contribution in [0.4, 0.5) is 0 Å². The van der Waals surface area contributed by atoms with Gasteiger partial charge in [-0.15, -0.1) is 11.3 Å². The number of hydrogen-bond donors (Lipinski definition) is 2. The molecule has 1 aromatic rings. The Hall–Kier alpha value is -0.940. The van der Waals surface area contributed by atoms with E-state index in [4.69, 9.17) is 5.11 Å². The number of aliphatic hydroxyl groups is 1. The lowest BCUT2D eigenvalue weighted by atomic mass is 10.4. The topological polar surface area (TPSA) is 62.2 Å². The van der Waals surface area contributed by atoms with Crippen LogP contribution in [0.25, 0.3) is 0 Å². The molecule has 1 aromatic heterocycles. The average Bonchev–Trinajstić information content (AvgIpc) is 2.47. The van der Waals surface area contributed by atoms with Gasteiger partial charge < -0.3 is 10.4 Å². The van der Waals surface area contributed by atoms with Crippen LogP contribution in [-0.2, 0) is 0 Å². The number of nitrogens with one attached hydrogen (secondary N) is 1. The largest absolute Gasteiger partial charge is 0.392 e. The first-order valence-electron chi connectivity index (χ1n) is 3.98. The molecule has 2 N–H and O–H groups in total. The zero-order valence-electron chi connectivity index (χ0n) is 7.57. The van der Waals surface area contributed by atoms with Gasteiger partial charge in [0.15, 0.2) is 0 Å². The summed E-state index contributed by atoms with van der Waals surface area (Å²) in [4.78, 5) is 15.9. The number of carbonyl (C=O) groups is 1. The molecular formula is C8H12N2O2S. The fraction of sp³-hybridized carbons (Fsp3) is 0.500. The van der Waals surface area contributed by atoms with Gasteiger partial charge in [0.05, 0.1) is 17.3 Å². The molecule has 1 heterocycles. The van der Waals surface area contributed by atoms with Crippen molar-refractivity contribution in [2.24, 2.45) is 0 Å². The summed E-state index contributed by atoms with van der Waals surface area (Å²) in [6, 6.07) is 0. The van der Waals surface area contributed by atoms with Gasteiger partial charge in [0, 0.05) is 6.54 Å². The molecule has 0 aromatic carbocycles. The Labute approximate surface area is 80.6 Å².